The van der Waals surface area contributed by atoms with Crippen molar-refractivity contribution in [3.63, 3.8) is 0 Å². The van der Waals surface area contributed by atoms with E-state index in [0.717, 1.165) is 16.8 Å². The number of halogens is 2. The van der Waals surface area contributed by atoms with Crippen LogP contribution < -0.4 is 14.9 Å². The molecule has 0 atom stereocenters. The molecule has 0 saturated heterocycles. The van der Waals surface area contributed by atoms with Crippen molar-refractivity contribution < 1.29 is 21.6 Å². The maximum atomic E-state index is 12.2. The van der Waals surface area contributed by atoms with Crippen LogP contribution in [0.25, 0.3) is 0 Å². The quantitative estimate of drug-likeness (QED) is 0.630. The molecule has 2 N–H and O–H groups in total. The summed E-state index contributed by atoms with van der Waals surface area (Å²) in [5.74, 6) is -0.457. The Kier molecular flexibility index (Phi) is 7.05. The Balaban J connectivity index is 2.13. The lowest BCUT2D eigenvalue weighted by molar-refractivity contribution is -0.114. The first-order valence-corrected chi connectivity index (χ1v) is 12.6. The van der Waals surface area contributed by atoms with E-state index in [1.807, 2.05) is 0 Å². The summed E-state index contributed by atoms with van der Waals surface area (Å²) in [4.78, 5) is 12.1. The molecule has 0 aromatic heterocycles. The van der Waals surface area contributed by atoms with Gasteiger partial charge in [-0.1, -0.05) is 29.3 Å². The summed E-state index contributed by atoms with van der Waals surface area (Å²) in [6.45, 7) is -0.227. The number of nitrogens with one attached hydrogen (secondary N) is 2. The highest BCUT2D eigenvalue weighted by atomic mass is 35.5. The molecule has 0 unspecified atom stereocenters. The van der Waals surface area contributed by atoms with E-state index in [4.69, 9.17) is 23.2 Å². The number of sulfonamides is 1. The van der Waals surface area contributed by atoms with E-state index in [1.165, 1.54) is 25.2 Å². The van der Waals surface area contributed by atoms with E-state index >= 15 is 0 Å². The fraction of sp³-hybridized carbons (Fsp3) is 0.235. The standard InChI is InChI=1S/C17H19Cl2N3O5S2/c1-22(29(3,26)27)13-6-4-5-12(9-13)21-16(23)10-20-14-7-11(18)8-15(17(14)19)28(2,24)25/h4-9,20H,10H2,1-3H3,(H,21,23). The number of anilines is 3. The predicted molar refractivity (Wildman–Crippen MR) is 116 cm³/mol. The highest BCUT2D eigenvalue weighted by molar-refractivity contribution is 7.92. The van der Waals surface area contributed by atoms with Gasteiger partial charge in [-0.2, -0.15) is 0 Å². The monoisotopic (exact) mass is 479 g/mol. The molecular weight excluding hydrogens is 461 g/mol. The van der Waals surface area contributed by atoms with Gasteiger partial charge in [0.2, 0.25) is 15.9 Å². The lowest BCUT2D eigenvalue weighted by Crippen LogP contribution is -2.25. The van der Waals surface area contributed by atoms with Crippen molar-refractivity contribution >= 4 is 66.0 Å². The van der Waals surface area contributed by atoms with Gasteiger partial charge in [0.25, 0.3) is 0 Å². The number of nitrogens with zero attached hydrogens (tertiary/aromatic N) is 1. The number of carbonyl (C=O) groups is 1. The van der Waals surface area contributed by atoms with Gasteiger partial charge >= 0.3 is 0 Å². The third-order valence-corrected chi connectivity index (χ3v) is 6.90. The molecule has 158 valence electrons. The molecule has 0 aliphatic heterocycles. The van der Waals surface area contributed by atoms with Crippen LogP contribution >= 0.6 is 23.2 Å². The number of amides is 1. The number of benzene rings is 2. The summed E-state index contributed by atoms with van der Waals surface area (Å²) >= 11 is 12.1. The molecule has 0 fully saturated rings. The fourth-order valence-corrected chi connectivity index (χ4v) is 4.47. The summed E-state index contributed by atoms with van der Waals surface area (Å²) in [7, 11) is -5.64. The van der Waals surface area contributed by atoms with Gasteiger partial charge in [-0.15, -0.1) is 0 Å². The molecule has 0 bridgehead atoms. The van der Waals surface area contributed by atoms with E-state index < -0.39 is 25.8 Å². The van der Waals surface area contributed by atoms with Gasteiger partial charge in [-0.25, -0.2) is 16.8 Å². The Labute approximate surface area is 179 Å². The van der Waals surface area contributed by atoms with Crippen molar-refractivity contribution in [2.75, 3.05) is 41.0 Å². The topological polar surface area (TPSA) is 113 Å². The number of hydrogen-bond acceptors (Lipinski definition) is 6. The normalized spacial score (nSPS) is 11.8. The Morgan fingerprint density at radius 1 is 1.07 bits per heavy atom. The molecule has 29 heavy (non-hydrogen) atoms. The zero-order valence-electron chi connectivity index (χ0n) is 15.7. The fourth-order valence-electron chi connectivity index (χ4n) is 2.31. The predicted octanol–water partition coefficient (Wildman–Crippen LogP) is 2.84. The van der Waals surface area contributed by atoms with Gasteiger partial charge in [0.1, 0.15) is 0 Å². The van der Waals surface area contributed by atoms with Crippen LogP contribution in [0.4, 0.5) is 17.1 Å². The van der Waals surface area contributed by atoms with Crippen molar-refractivity contribution in [2.24, 2.45) is 0 Å². The molecule has 0 spiro atoms. The molecule has 12 heteroatoms. The largest absolute Gasteiger partial charge is 0.375 e. The zero-order chi connectivity index (χ0) is 22.0. The molecule has 0 aliphatic carbocycles. The minimum absolute atomic E-state index is 0.0681. The van der Waals surface area contributed by atoms with Gasteiger partial charge < -0.3 is 10.6 Å². The van der Waals surface area contributed by atoms with Crippen LogP contribution in [0.1, 0.15) is 0 Å². The van der Waals surface area contributed by atoms with E-state index in [2.05, 4.69) is 10.6 Å². The van der Waals surface area contributed by atoms with Crippen LogP contribution in [0.5, 0.6) is 0 Å². The van der Waals surface area contributed by atoms with Crippen molar-refractivity contribution in [1.82, 2.24) is 0 Å². The second-order valence-corrected chi connectivity index (χ2v) is 11.0. The van der Waals surface area contributed by atoms with E-state index in [1.54, 1.807) is 18.2 Å². The molecule has 0 radical (unpaired) electrons. The highest BCUT2D eigenvalue weighted by Gasteiger charge is 2.18. The van der Waals surface area contributed by atoms with E-state index in [-0.39, 0.29) is 27.2 Å². The highest BCUT2D eigenvalue weighted by Crippen LogP contribution is 2.33. The first kappa shape index (κ1) is 23.3. The van der Waals surface area contributed by atoms with Gasteiger partial charge in [-0.05, 0) is 30.3 Å². The van der Waals surface area contributed by atoms with Crippen molar-refractivity contribution in [2.45, 2.75) is 4.90 Å². The number of carbonyl (C=O) groups excluding carboxylic acids is 1. The SMILES string of the molecule is CN(c1cccc(NC(=O)CNc2cc(Cl)cc(S(C)(=O)=O)c2Cl)c1)S(C)(=O)=O. The third-order valence-electron chi connectivity index (χ3n) is 3.83. The Morgan fingerprint density at radius 3 is 2.31 bits per heavy atom. The first-order valence-electron chi connectivity index (χ1n) is 8.06. The second kappa shape index (κ2) is 8.78. The number of sulfone groups is 1. The third kappa shape index (κ3) is 6.23. The van der Waals surface area contributed by atoms with Gasteiger partial charge in [0, 0.05) is 24.0 Å². The first-order chi connectivity index (χ1) is 13.3. The van der Waals surface area contributed by atoms with E-state index in [0.29, 0.717) is 11.4 Å². The smallest absolute Gasteiger partial charge is 0.243 e. The Morgan fingerprint density at radius 2 is 1.72 bits per heavy atom. The summed E-state index contributed by atoms with van der Waals surface area (Å²) in [5, 5.41) is 5.45. The molecular formula is C17H19Cl2N3O5S2. The molecule has 1 amide bonds. The summed E-state index contributed by atoms with van der Waals surface area (Å²) < 4.78 is 48.0. The maximum absolute atomic E-state index is 12.2. The second-order valence-electron chi connectivity index (χ2n) is 6.22. The van der Waals surface area contributed by atoms with Gasteiger partial charge in [-0.3, -0.25) is 9.10 Å². The van der Waals surface area contributed by atoms with Crippen molar-refractivity contribution in [3.8, 4) is 0 Å². The number of hydrogen-bond donors (Lipinski definition) is 2. The Bertz CT molecular complexity index is 1150. The van der Waals surface area contributed by atoms with Crippen LogP contribution in [0.3, 0.4) is 0 Å². The van der Waals surface area contributed by atoms with Crippen LogP contribution in [0.2, 0.25) is 10.0 Å². The molecule has 2 rings (SSSR count). The zero-order valence-corrected chi connectivity index (χ0v) is 18.9. The molecule has 2 aromatic rings. The lowest BCUT2D eigenvalue weighted by atomic mass is 10.2. The van der Waals surface area contributed by atoms with Crippen LogP contribution in [-0.2, 0) is 24.7 Å². The summed E-state index contributed by atoms with van der Waals surface area (Å²) in [6.07, 6.45) is 2.07. The average molecular weight is 480 g/mol. The van der Waals surface area contributed by atoms with Gasteiger partial charge in [0.15, 0.2) is 9.84 Å². The molecule has 8 nitrogen and oxygen atoms in total. The summed E-state index contributed by atoms with van der Waals surface area (Å²) in [5.41, 5.74) is 0.966. The average Bonchev–Trinajstić information content (AvgIpc) is 2.60. The van der Waals surface area contributed by atoms with Crippen LogP contribution in [0, 0.1) is 0 Å². The number of rotatable bonds is 7. The molecule has 0 heterocycles. The van der Waals surface area contributed by atoms with Crippen molar-refractivity contribution in [1.29, 1.82) is 0 Å². The van der Waals surface area contributed by atoms with Gasteiger partial charge in [0.05, 0.1) is 34.1 Å². The summed E-state index contributed by atoms with van der Waals surface area (Å²) in [6, 6.07) is 8.94. The van der Waals surface area contributed by atoms with Crippen LogP contribution in [0.15, 0.2) is 41.3 Å². The van der Waals surface area contributed by atoms with E-state index in [9.17, 15) is 21.6 Å². The Hall–Kier alpha value is -2.01. The molecule has 0 aliphatic rings. The van der Waals surface area contributed by atoms with Crippen LogP contribution in [-0.4, -0.2) is 48.8 Å². The van der Waals surface area contributed by atoms with Crippen molar-refractivity contribution in [3.05, 3.63) is 46.4 Å². The lowest BCUT2D eigenvalue weighted by Gasteiger charge is -2.17. The minimum atomic E-state index is -3.60. The maximum Gasteiger partial charge on any atom is 0.243 e. The minimum Gasteiger partial charge on any atom is -0.375 e. The molecule has 0 saturated carbocycles. The molecule has 2 aromatic carbocycles.